The Hall–Kier alpha value is -1.98. The van der Waals surface area contributed by atoms with E-state index in [1.807, 2.05) is 0 Å². The number of rotatable bonds is 23. The molecular formula is C26H14F34I2O4. The van der Waals surface area contributed by atoms with Gasteiger partial charge in [0.15, 0.2) is 0 Å². The summed E-state index contributed by atoms with van der Waals surface area (Å²) in [6.45, 7) is -3.71. The summed E-state index contributed by atoms with van der Waals surface area (Å²) in [6.07, 6.45) is -25.3. The Bertz CT molecular complexity index is 1580. The second-order valence-corrected chi connectivity index (χ2v) is 16.3. The van der Waals surface area contributed by atoms with E-state index in [1.54, 1.807) is 0 Å². The molecule has 0 fully saturated rings. The molecular weight excluding hydrogens is 1280 g/mol. The molecule has 2 atom stereocenters. The van der Waals surface area contributed by atoms with E-state index in [4.69, 9.17) is 0 Å². The second-order valence-electron chi connectivity index (χ2n) is 12.8. The lowest BCUT2D eigenvalue weighted by molar-refractivity contribution is -0.461. The highest BCUT2D eigenvalue weighted by Crippen LogP contribution is 2.66. The van der Waals surface area contributed by atoms with Gasteiger partial charge in [0.1, 0.15) is 13.2 Å². The van der Waals surface area contributed by atoms with Crippen molar-refractivity contribution in [2.75, 3.05) is 13.2 Å². The zero-order valence-corrected chi connectivity index (χ0v) is 34.0. The van der Waals surface area contributed by atoms with Gasteiger partial charge in [0.25, 0.3) is 0 Å². The van der Waals surface area contributed by atoms with Crippen LogP contribution in [0.15, 0.2) is 0 Å². The molecule has 0 N–H and O–H groups in total. The first kappa shape index (κ1) is 64.0. The molecule has 0 aliphatic carbocycles. The van der Waals surface area contributed by atoms with Crippen LogP contribution in [0.3, 0.4) is 0 Å². The lowest BCUT2D eigenvalue weighted by Crippen LogP contribution is -2.74. The van der Waals surface area contributed by atoms with Crippen LogP contribution in [0.5, 0.6) is 0 Å². The van der Waals surface area contributed by atoms with Crippen LogP contribution in [0.2, 0.25) is 0 Å². The van der Waals surface area contributed by atoms with E-state index in [1.165, 1.54) is 0 Å². The summed E-state index contributed by atoms with van der Waals surface area (Å²) < 4.78 is 458. The van der Waals surface area contributed by atoms with E-state index in [0.717, 1.165) is 0 Å². The number of carbonyl (C=O) groups is 2. The predicted molar refractivity (Wildman–Crippen MR) is 157 cm³/mol. The molecule has 40 heteroatoms. The molecule has 0 bridgehead atoms. The van der Waals surface area contributed by atoms with Gasteiger partial charge in [0.05, 0.1) is 20.7 Å². The second kappa shape index (κ2) is 18.6. The minimum absolute atomic E-state index is 0.385. The van der Waals surface area contributed by atoms with Gasteiger partial charge >= 0.3 is 107 Å². The quantitative estimate of drug-likeness (QED) is 0.0443. The third kappa shape index (κ3) is 10.4. The predicted octanol–water partition coefficient (Wildman–Crippen LogP) is 13.3. The minimum Gasteiger partial charge on any atom is -0.465 e. The van der Waals surface area contributed by atoms with Crippen molar-refractivity contribution in [3.05, 3.63) is 0 Å². The van der Waals surface area contributed by atoms with Crippen molar-refractivity contribution in [1.29, 1.82) is 0 Å². The smallest absolute Gasteiger partial charge is 0.460 e. The molecule has 4 nitrogen and oxygen atoms in total. The van der Waals surface area contributed by atoms with Gasteiger partial charge in [-0.2, -0.15) is 149 Å². The Morgan fingerprint density at radius 1 is 0.303 bits per heavy atom. The van der Waals surface area contributed by atoms with E-state index in [2.05, 4.69) is 9.47 Å². The molecule has 0 aromatic carbocycles. The van der Waals surface area contributed by atoms with Crippen molar-refractivity contribution < 1.29 is 168 Å². The maximum atomic E-state index is 14.2. The lowest BCUT2D eigenvalue weighted by Gasteiger charge is -2.43. The summed E-state index contributed by atoms with van der Waals surface area (Å²) in [5.74, 6) is -121. The van der Waals surface area contributed by atoms with Gasteiger partial charge in [0, 0.05) is 12.8 Å². The molecule has 0 aromatic rings. The molecule has 0 amide bonds. The van der Waals surface area contributed by atoms with Crippen LogP contribution in [0, 0.1) is 0 Å². The summed E-state index contributed by atoms with van der Waals surface area (Å²) in [6, 6.07) is 0. The number of halogens is 36. The highest BCUT2D eigenvalue weighted by atomic mass is 127. The van der Waals surface area contributed by atoms with E-state index in [-0.39, 0.29) is 0 Å². The van der Waals surface area contributed by atoms with Gasteiger partial charge in [0.2, 0.25) is 0 Å². The first-order valence-corrected chi connectivity index (χ1v) is 17.8. The molecule has 0 aliphatic heterocycles. The van der Waals surface area contributed by atoms with Crippen molar-refractivity contribution in [2.24, 2.45) is 0 Å². The van der Waals surface area contributed by atoms with Crippen LogP contribution in [0.1, 0.15) is 25.7 Å². The van der Waals surface area contributed by atoms with Crippen LogP contribution in [-0.2, 0) is 19.1 Å². The van der Waals surface area contributed by atoms with Crippen LogP contribution >= 0.6 is 45.2 Å². The Labute approximate surface area is 367 Å². The zero-order chi connectivity index (χ0) is 54.0. The molecule has 0 aromatic heterocycles. The number of esters is 2. The summed E-state index contributed by atoms with van der Waals surface area (Å²) >= 11 is 0.771. The average Bonchev–Trinajstić information content (AvgIpc) is 3.09. The topological polar surface area (TPSA) is 52.6 Å². The number of carbonyl (C=O) groups excluding carboxylic acids is 2. The fourth-order valence-corrected chi connectivity index (χ4v) is 5.50. The molecule has 0 heterocycles. The normalized spacial score (nSPS) is 16.8. The molecule has 0 spiro atoms. The molecule has 66 heavy (non-hydrogen) atoms. The lowest BCUT2D eigenvalue weighted by atomic mass is 9.88. The van der Waals surface area contributed by atoms with E-state index in [9.17, 15) is 159 Å². The van der Waals surface area contributed by atoms with Crippen molar-refractivity contribution in [1.82, 2.24) is 0 Å². The maximum absolute atomic E-state index is 14.2. The molecule has 2 unspecified atom stereocenters. The number of ether oxygens (including phenoxy) is 2. The van der Waals surface area contributed by atoms with Gasteiger partial charge in [-0.1, -0.05) is 45.2 Å². The van der Waals surface area contributed by atoms with Crippen LogP contribution in [0.25, 0.3) is 0 Å². The summed E-state index contributed by atoms with van der Waals surface area (Å²) in [5, 5.41) is 0. The van der Waals surface area contributed by atoms with Crippen molar-refractivity contribution in [3.8, 4) is 0 Å². The van der Waals surface area contributed by atoms with Gasteiger partial charge in [-0.3, -0.25) is 9.59 Å². The number of hydrogen-bond donors (Lipinski definition) is 0. The van der Waals surface area contributed by atoms with Crippen LogP contribution < -0.4 is 0 Å². The average molecular weight is 1290 g/mol. The number of hydrogen-bond acceptors (Lipinski definition) is 4. The van der Waals surface area contributed by atoms with Gasteiger partial charge < -0.3 is 9.47 Å². The summed E-state index contributed by atoms with van der Waals surface area (Å²) in [7, 11) is 0. The van der Waals surface area contributed by atoms with E-state index < -0.39 is 154 Å². The molecule has 0 saturated heterocycles. The van der Waals surface area contributed by atoms with Gasteiger partial charge in [-0.15, -0.1) is 0 Å². The largest absolute Gasteiger partial charge is 0.465 e. The third-order valence-corrected chi connectivity index (χ3v) is 9.51. The molecule has 0 rings (SSSR count). The molecule has 394 valence electrons. The maximum Gasteiger partial charge on any atom is 0.460 e. The Kier molecular flexibility index (Phi) is 18.1. The molecule has 0 aliphatic rings. The zero-order valence-electron chi connectivity index (χ0n) is 29.6. The minimum atomic E-state index is -8.93. The molecule has 0 radical (unpaired) electrons. The highest BCUT2D eigenvalue weighted by Gasteiger charge is 2.97. The van der Waals surface area contributed by atoms with Crippen LogP contribution in [0.4, 0.5) is 149 Å². The van der Waals surface area contributed by atoms with Gasteiger partial charge in [-0.25, -0.2) is 0 Å². The summed E-state index contributed by atoms with van der Waals surface area (Å²) in [4.78, 5) is 23.4. The van der Waals surface area contributed by atoms with Crippen molar-refractivity contribution in [3.63, 3.8) is 0 Å². The third-order valence-electron chi connectivity index (χ3n) is 7.91. The van der Waals surface area contributed by atoms with E-state index in [0.29, 0.717) is 45.2 Å². The Morgan fingerprint density at radius 3 is 0.652 bits per heavy atom. The van der Waals surface area contributed by atoms with Crippen LogP contribution in [-0.4, -0.2) is 128 Å². The fourth-order valence-electron chi connectivity index (χ4n) is 4.04. The number of alkyl halides is 36. The Balaban J connectivity index is 5.78. The van der Waals surface area contributed by atoms with Crippen molar-refractivity contribution in [2.45, 2.75) is 129 Å². The SMILES string of the molecule is O=C(CCC(=O)OCC(I)CC(F)(F)C(F)(F)C(F)(F)C(F)(F)C(F)(F)C(F)(F)C(F)(F)C(F)(F)F)OCC(I)CC(F)(F)C(F)(F)C(F)(F)C(F)(F)C(F)(F)C(F)(F)C(F)(F)C(F)(F)F. The highest BCUT2D eigenvalue weighted by molar-refractivity contribution is 14.1. The first-order valence-electron chi connectivity index (χ1n) is 15.3. The van der Waals surface area contributed by atoms with Gasteiger partial charge in [-0.05, 0) is 0 Å². The Morgan fingerprint density at radius 2 is 0.470 bits per heavy atom. The van der Waals surface area contributed by atoms with E-state index >= 15 is 0 Å². The first-order chi connectivity index (χ1) is 28.3. The fraction of sp³-hybridized carbons (Fsp3) is 0.923. The monoisotopic (exact) mass is 1290 g/mol. The standard InChI is InChI=1S/C26H14F34I2O4/c27-11(28,13(31,32)15(35,36)17(39,40)19(43,44)21(47,48)23(51,52)25(55,56)57)3-7(61)5-65-9(63)1-2-10(64)66-6-8(62)4-12(29,30)14(33,34)16(37,38)18(41,42)20(45,46)22(49,50)24(53,54)26(58,59)60/h7-8H,1-6H2. The molecule has 0 saturated carbocycles. The van der Waals surface area contributed by atoms with Crippen molar-refractivity contribution >= 4 is 57.1 Å². The summed E-state index contributed by atoms with van der Waals surface area (Å²) in [5.41, 5.74) is 0.